The van der Waals surface area contributed by atoms with Crippen molar-refractivity contribution in [2.45, 2.75) is 27.2 Å². The van der Waals surface area contributed by atoms with Crippen LogP contribution in [0.15, 0.2) is 54.6 Å². The summed E-state index contributed by atoms with van der Waals surface area (Å²) < 4.78 is 0. The SMILES string of the molecule is Cc1cc(C(=O)Nc2ccc(NC(=O)CC(C)C)cc2)c2ccccc2n1. The zero-order valence-corrected chi connectivity index (χ0v) is 15.7. The first kappa shape index (κ1) is 18.6. The molecule has 0 aliphatic heterocycles. The normalized spacial score (nSPS) is 10.8. The van der Waals surface area contributed by atoms with Crippen molar-refractivity contribution in [2.75, 3.05) is 10.6 Å². The molecule has 1 aromatic heterocycles. The van der Waals surface area contributed by atoms with Gasteiger partial charge >= 0.3 is 0 Å². The Morgan fingerprint density at radius 3 is 2.26 bits per heavy atom. The van der Waals surface area contributed by atoms with Gasteiger partial charge in [-0.1, -0.05) is 32.0 Å². The second-order valence-corrected chi connectivity index (χ2v) is 7.01. The Morgan fingerprint density at radius 2 is 1.59 bits per heavy atom. The van der Waals surface area contributed by atoms with Crippen LogP contribution in [0, 0.1) is 12.8 Å². The molecule has 0 saturated carbocycles. The quantitative estimate of drug-likeness (QED) is 0.687. The van der Waals surface area contributed by atoms with Crippen molar-refractivity contribution >= 4 is 34.1 Å². The molecule has 0 spiro atoms. The maximum Gasteiger partial charge on any atom is 0.256 e. The Balaban J connectivity index is 1.74. The van der Waals surface area contributed by atoms with Crippen LogP contribution in [0.3, 0.4) is 0 Å². The summed E-state index contributed by atoms with van der Waals surface area (Å²) >= 11 is 0. The summed E-state index contributed by atoms with van der Waals surface area (Å²) in [5.41, 5.74) is 3.56. The number of carbonyl (C=O) groups excluding carboxylic acids is 2. The van der Waals surface area contributed by atoms with Gasteiger partial charge in [-0.3, -0.25) is 14.6 Å². The van der Waals surface area contributed by atoms with Gasteiger partial charge in [-0.05, 0) is 49.2 Å². The van der Waals surface area contributed by atoms with Crippen LogP contribution in [0.1, 0.15) is 36.3 Å². The number of hydrogen-bond acceptors (Lipinski definition) is 3. The Kier molecular flexibility index (Phi) is 5.50. The van der Waals surface area contributed by atoms with E-state index in [9.17, 15) is 9.59 Å². The number of pyridine rings is 1. The maximum absolute atomic E-state index is 12.8. The van der Waals surface area contributed by atoms with E-state index < -0.39 is 0 Å². The van der Waals surface area contributed by atoms with Crippen LogP contribution in [0.5, 0.6) is 0 Å². The molecule has 0 aliphatic carbocycles. The van der Waals surface area contributed by atoms with E-state index in [1.807, 2.05) is 45.0 Å². The fourth-order valence-electron chi connectivity index (χ4n) is 2.91. The molecule has 2 aromatic carbocycles. The molecular weight excluding hydrogens is 338 g/mol. The maximum atomic E-state index is 12.8. The highest BCUT2D eigenvalue weighted by atomic mass is 16.2. The number of hydrogen-bond donors (Lipinski definition) is 2. The summed E-state index contributed by atoms with van der Waals surface area (Å²) in [6.07, 6.45) is 0.479. The van der Waals surface area contributed by atoms with Crippen LogP contribution in [0.4, 0.5) is 11.4 Å². The first-order valence-corrected chi connectivity index (χ1v) is 9.00. The van der Waals surface area contributed by atoms with Crippen LogP contribution < -0.4 is 10.6 Å². The number of nitrogens with zero attached hydrogens (tertiary/aromatic N) is 1. The van der Waals surface area contributed by atoms with Gasteiger partial charge in [0.2, 0.25) is 5.91 Å². The van der Waals surface area contributed by atoms with Gasteiger partial charge in [0, 0.05) is 28.9 Å². The molecule has 3 rings (SSSR count). The number of aryl methyl sites for hydroxylation is 1. The lowest BCUT2D eigenvalue weighted by Crippen LogP contribution is -2.14. The van der Waals surface area contributed by atoms with Crippen molar-refractivity contribution in [3.05, 3.63) is 65.9 Å². The molecule has 0 unspecified atom stereocenters. The highest BCUT2D eigenvalue weighted by molar-refractivity contribution is 6.12. The highest BCUT2D eigenvalue weighted by Gasteiger charge is 2.12. The Bertz CT molecular complexity index is 979. The van der Waals surface area contributed by atoms with Gasteiger partial charge < -0.3 is 10.6 Å². The molecule has 2 amide bonds. The van der Waals surface area contributed by atoms with Gasteiger partial charge in [0.1, 0.15) is 0 Å². The topological polar surface area (TPSA) is 71.1 Å². The van der Waals surface area contributed by atoms with Crippen molar-refractivity contribution in [1.82, 2.24) is 4.98 Å². The van der Waals surface area contributed by atoms with Gasteiger partial charge in [-0.15, -0.1) is 0 Å². The smallest absolute Gasteiger partial charge is 0.256 e. The number of amides is 2. The van der Waals surface area contributed by atoms with Crippen molar-refractivity contribution < 1.29 is 9.59 Å². The van der Waals surface area contributed by atoms with Crippen LogP contribution in [-0.4, -0.2) is 16.8 Å². The minimum Gasteiger partial charge on any atom is -0.326 e. The molecule has 2 N–H and O–H groups in total. The summed E-state index contributed by atoms with van der Waals surface area (Å²) in [7, 11) is 0. The van der Waals surface area contributed by atoms with Gasteiger partial charge in [-0.2, -0.15) is 0 Å². The Labute approximate surface area is 158 Å². The summed E-state index contributed by atoms with van der Waals surface area (Å²) in [5.74, 6) is 0.107. The average molecular weight is 361 g/mol. The lowest BCUT2D eigenvalue weighted by Gasteiger charge is -2.10. The minimum absolute atomic E-state index is 0.0134. The zero-order valence-electron chi connectivity index (χ0n) is 15.7. The Hall–Kier alpha value is -3.21. The number of fused-ring (bicyclic) bond motifs is 1. The van der Waals surface area contributed by atoms with E-state index in [-0.39, 0.29) is 11.8 Å². The van der Waals surface area contributed by atoms with Crippen molar-refractivity contribution in [3.8, 4) is 0 Å². The summed E-state index contributed by atoms with van der Waals surface area (Å²) in [6.45, 7) is 5.88. The lowest BCUT2D eigenvalue weighted by molar-refractivity contribution is -0.116. The molecule has 0 fully saturated rings. The molecule has 1 heterocycles. The predicted octanol–water partition coefficient (Wildman–Crippen LogP) is 4.78. The lowest BCUT2D eigenvalue weighted by atomic mass is 10.1. The Morgan fingerprint density at radius 1 is 0.963 bits per heavy atom. The summed E-state index contributed by atoms with van der Waals surface area (Å²) in [5, 5.41) is 6.59. The molecular formula is C22H23N3O2. The fourth-order valence-corrected chi connectivity index (χ4v) is 2.91. The minimum atomic E-state index is -0.187. The van der Waals surface area contributed by atoms with Gasteiger partial charge in [-0.25, -0.2) is 0 Å². The van der Waals surface area contributed by atoms with E-state index in [2.05, 4.69) is 15.6 Å². The first-order valence-electron chi connectivity index (χ1n) is 9.00. The fraction of sp³-hybridized carbons (Fsp3) is 0.227. The number of anilines is 2. The third kappa shape index (κ3) is 4.70. The molecule has 5 nitrogen and oxygen atoms in total. The molecule has 0 aliphatic rings. The average Bonchev–Trinajstić information content (AvgIpc) is 2.61. The van der Waals surface area contributed by atoms with Crippen molar-refractivity contribution in [3.63, 3.8) is 0 Å². The second-order valence-electron chi connectivity index (χ2n) is 7.01. The molecule has 0 atom stereocenters. The van der Waals surface area contributed by atoms with Gasteiger partial charge in [0.05, 0.1) is 11.1 Å². The molecule has 5 heteroatoms. The summed E-state index contributed by atoms with van der Waals surface area (Å²) in [6, 6.07) is 16.5. The van der Waals surface area contributed by atoms with E-state index in [0.29, 0.717) is 29.3 Å². The number of rotatable bonds is 5. The number of nitrogens with one attached hydrogen (secondary N) is 2. The summed E-state index contributed by atoms with van der Waals surface area (Å²) in [4.78, 5) is 29.1. The zero-order chi connectivity index (χ0) is 19.4. The highest BCUT2D eigenvalue weighted by Crippen LogP contribution is 2.21. The number of benzene rings is 2. The van der Waals surface area contributed by atoms with Crippen LogP contribution in [-0.2, 0) is 4.79 Å². The van der Waals surface area contributed by atoms with Crippen LogP contribution in [0.2, 0.25) is 0 Å². The van der Waals surface area contributed by atoms with E-state index in [1.165, 1.54) is 0 Å². The van der Waals surface area contributed by atoms with E-state index in [1.54, 1.807) is 30.3 Å². The number of para-hydroxylation sites is 1. The monoisotopic (exact) mass is 361 g/mol. The number of carbonyl (C=O) groups is 2. The van der Waals surface area contributed by atoms with Crippen LogP contribution in [0.25, 0.3) is 10.9 Å². The molecule has 3 aromatic rings. The number of aromatic nitrogens is 1. The van der Waals surface area contributed by atoms with E-state index >= 15 is 0 Å². The third-order valence-electron chi connectivity index (χ3n) is 4.11. The third-order valence-corrected chi connectivity index (χ3v) is 4.11. The van der Waals surface area contributed by atoms with Gasteiger partial charge in [0.15, 0.2) is 0 Å². The largest absolute Gasteiger partial charge is 0.326 e. The molecule has 0 radical (unpaired) electrons. The predicted molar refractivity (Wildman–Crippen MR) is 109 cm³/mol. The molecule has 138 valence electrons. The molecule has 27 heavy (non-hydrogen) atoms. The van der Waals surface area contributed by atoms with Crippen LogP contribution >= 0.6 is 0 Å². The van der Waals surface area contributed by atoms with E-state index in [4.69, 9.17) is 0 Å². The van der Waals surface area contributed by atoms with Gasteiger partial charge in [0.25, 0.3) is 5.91 Å². The van der Waals surface area contributed by atoms with Crippen molar-refractivity contribution in [2.24, 2.45) is 5.92 Å². The van der Waals surface area contributed by atoms with Crippen molar-refractivity contribution in [1.29, 1.82) is 0 Å². The standard InChI is InChI=1S/C22H23N3O2/c1-14(2)12-21(26)24-16-8-10-17(11-9-16)25-22(27)19-13-15(3)23-20-7-5-4-6-18(19)20/h4-11,13-14H,12H2,1-3H3,(H,24,26)(H,25,27). The first-order chi connectivity index (χ1) is 12.9. The van der Waals surface area contributed by atoms with E-state index in [0.717, 1.165) is 16.6 Å². The molecule has 0 saturated heterocycles. The second kappa shape index (κ2) is 7.99. The molecule has 0 bridgehead atoms.